The maximum atomic E-state index is 11.7. The van der Waals surface area contributed by atoms with Gasteiger partial charge in [-0.2, -0.15) is 0 Å². The van der Waals surface area contributed by atoms with E-state index in [1.165, 1.54) is 51.4 Å². The van der Waals surface area contributed by atoms with Gasteiger partial charge in [0.15, 0.2) is 0 Å². The minimum absolute atomic E-state index is 0. The van der Waals surface area contributed by atoms with Crippen LogP contribution in [0.4, 0.5) is 4.39 Å². The van der Waals surface area contributed by atoms with Gasteiger partial charge in [-0.1, -0.05) is 64.7 Å². The van der Waals surface area contributed by atoms with E-state index in [0.717, 1.165) is 12.8 Å². The fourth-order valence-corrected chi connectivity index (χ4v) is 1.58. The Morgan fingerprint density at radius 1 is 0.643 bits per heavy atom. The molecule has 0 amide bonds. The van der Waals surface area contributed by atoms with Crippen molar-refractivity contribution in [3.8, 4) is 0 Å². The third kappa shape index (κ3) is 15.4. The molecule has 0 saturated carbocycles. The molecule has 0 N–H and O–H groups in total. The van der Waals surface area contributed by atoms with Crippen LogP contribution in [0.15, 0.2) is 0 Å². The Labute approximate surface area is 111 Å². The average Bonchev–Trinajstić information content (AvgIpc) is 2.16. The standard InChI is InChI=1S/C12H25F.Na.H/c1-2-3-4-5-6-7-8-9-10-11-12-13;;/h2-12H2,1H3;;. The normalized spacial score (nSPS) is 9.86. The van der Waals surface area contributed by atoms with E-state index in [-0.39, 0.29) is 36.2 Å². The molecule has 0 nitrogen and oxygen atoms in total. The number of halogens is 1. The van der Waals surface area contributed by atoms with Crippen LogP contribution >= 0.6 is 0 Å². The van der Waals surface area contributed by atoms with Crippen LogP contribution in [0.3, 0.4) is 0 Å². The van der Waals surface area contributed by atoms with Crippen molar-refractivity contribution in [1.29, 1.82) is 0 Å². The van der Waals surface area contributed by atoms with E-state index >= 15 is 0 Å². The average molecular weight is 212 g/mol. The van der Waals surface area contributed by atoms with Crippen LogP contribution in [-0.4, -0.2) is 36.2 Å². The third-order valence-corrected chi connectivity index (χ3v) is 2.49. The first kappa shape index (κ1) is 17.3. The van der Waals surface area contributed by atoms with Crippen molar-refractivity contribution < 1.29 is 4.39 Å². The van der Waals surface area contributed by atoms with Crippen molar-refractivity contribution in [1.82, 2.24) is 0 Å². The predicted molar refractivity (Wildman–Crippen MR) is 65.0 cm³/mol. The molecule has 82 valence electrons. The number of hydrogen-bond donors (Lipinski definition) is 0. The summed E-state index contributed by atoms with van der Waals surface area (Å²) >= 11 is 0. The molecule has 0 spiro atoms. The molecule has 0 heterocycles. The Kier molecular flexibility index (Phi) is 20.3. The van der Waals surface area contributed by atoms with E-state index in [0.29, 0.717) is 0 Å². The van der Waals surface area contributed by atoms with Crippen molar-refractivity contribution in [2.75, 3.05) is 6.67 Å². The molecule has 0 aromatic heterocycles. The Bertz CT molecular complexity index is 76.4. The first-order valence-corrected chi connectivity index (χ1v) is 5.97. The fourth-order valence-electron chi connectivity index (χ4n) is 1.58. The summed E-state index contributed by atoms with van der Waals surface area (Å²) in [4.78, 5) is 0. The first-order chi connectivity index (χ1) is 6.41. The molecular weight excluding hydrogens is 186 g/mol. The molecule has 0 rings (SSSR count). The summed E-state index contributed by atoms with van der Waals surface area (Å²) in [5.74, 6) is 0. The van der Waals surface area contributed by atoms with Gasteiger partial charge in [-0.05, 0) is 6.42 Å². The molecule has 0 aliphatic heterocycles. The Morgan fingerprint density at radius 3 is 1.36 bits per heavy atom. The van der Waals surface area contributed by atoms with E-state index in [1.54, 1.807) is 0 Å². The molecule has 0 aliphatic rings. The molecule has 0 aliphatic carbocycles. The zero-order chi connectivity index (χ0) is 9.78. The Hall–Kier alpha value is 0.930. The summed E-state index contributed by atoms with van der Waals surface area (Å²) in [6.45, 7) is 2.12. The monoisotopic (exact) mass is 212 g/mol. The van der Waals surface area contributed by atoms with Crippen molar-refractivity contribution in [2.24, 2.45) is 0 Å². The van der Waals surface area contributed by atoms with Crippen LogP contribution in [0, 0.1) is 0 Å². The van der Waals surface area contributed by atoms with Gasteiger partial charge in [-0.3, -0.25) is 4.39 Å². The Morgan fingerprint density at radius 2 is 1.00 bits per heavy atom. The molecule has 0 aromatic carbocycles. The molecule has 2 heteroatoms. The molecular formula is C12H26FNa. The number of rotatable bonds is 10. The topological polar surface area (TPSA) is 0 Å². The molecule has 0 saturated heterocycles. The van der Waals surface area contributed by atoms with Crippen LogP contribution in [0.25, 0.3) is 0 Å². The molecule has 0 atom stereocenters. The molecule has 0 fully saturated rings. The van der Waals surface area contributed by atoms with Crippen LogP contribution in [0.2, 0.25) is 0 Å². The van der Waals surface area contributed by atoms with Gasteiger partial charge in [0.1, 0.15) is 0 Å². The molecule has 0 aromatic rings. The summed E-state index contributed by atoms with van der Waals surface area (Å²) in [5.41, 5.74) is 0. The SMILES string of the molecule is CCCCCCCCCCCCF.[NaH]. The number of unbranched alkanes of at least 4 members (excludes halogenated alkanes) is 9. The van der Waals surface area contributed by atoms with E-state index in [2.05, 4.69) is 6.92 Å². The minimum atomic E-state index is -0.128. The maximum absolute atomic E-state index is 11.7. The fraction of sp³-hybridized carbons (Fsp3) is 1.00. The van der Waals surface area contributed by atoms with Crippen LogP contribution in [0.1, 0.15) is 71.1 Å². The summed E-state index contributed by atoms with van der Waals surface area (Å²) in [5, 5.41) is 0. The van der Waals surface area contributed by atoms with Crippen LogP contribution in [-0.2, 0) is 0 Å². The second-order valence-electron chi connectivity index (χ2n) is 3.87. The van der Waals surface area contributed by atoms with Gasteiger partial charge in [0.05, 0.1) is 6.67 Å². The quantitative estimate of drug-likeness (QED) is 0.375. The third-order valence-electron chi connectivity index (χ3n) is 2.49. The van der Waals surface area contributed by atoms with E-state index in [4.69, 9.17) is 0 Å². The summed E-state index contributed by atoms with van der Waals surface area (Å²) < 4.78 is 11.7. The van der Waals surface area contributed by atoms with Gasteiger partial charge in [-0.15, -0.1) is 0 Å². The Balaban J connectivity index is 0. The first-order valence-electron chi connectivity index (χ1n) is 5.97. The van der Waals surface area contributed by atoms with Gasteiger partial charge < -0.3 is 0 Å². The van der Waals surface area contributed by atoms with Gasteiger partial charge in [0.2, 0.25) is 0 Å². The van der Waals surface area contributed by atoms with Gasteiger partial charge in [0.25, 0.3) is 0 Å². The van der Waals surface area contributed by atoms with Gasteiger partial charge >= 0.3 is 29.6 Å². The molecule has 14 heavy (non-hydrogen) atoms. The van der Waals surface area contributed by atoms with E-state index in [1.807, 2.05) is 0 Å². The number of alkyl halides is 1. The van der Waals surface area contributed by atoms with Crippen molar-refractivity contribution in [3.05, 3.63) is 0 Å². The van der Waals surface area contributed by atoms with Crippen LogP contribution < -0.4 is 0 Å². The second-order valence-corrected chi connectivity index (χ2v) is 3.87. The summed E-state index contributed by atoms with van der Waals surface area (Å²) in [6, 6.07) is 0. The number of hydrogen-bond acceptors (Lipinski definition) is 0. The molecule has 0 bridgehead atoms. The van der Waals surface area contributed by atoms with E-state index < -0.39 is 0 Å². The zero-order valence-electron chi connectivity index (χ0n) is 9.16. The van der Waals surface area contributed by atoms with Crippen LogP contribution in [0.5, 0.6) is 0 Å². The molecule has 0 radical (unpaired) electrons. The van der Waals surface area contributed by atoms with E-state index in [9.17, 15) is 4.39 Å². The molecule has 0 unspecified atom stereocenters. The second kappa shape index (κ2) is 16.4. The van der Waals surface area contributed by atoms with Crippen molar-refractivity contribution >= 4 is 29.6 Å². The van der Waals surface area contributed by atoms with Gasteiger partial charge in [-0.25, -0.2) is 0 Å². The van der Waals surface area contributed by atoms with Gasteiger partial charge in [0, 0.05) is 0 Å². The van der Waals surface area contributed by atoms with Crippen molar-refractivity contribution in [3.63, 3.8) is 0 Å². The summed E-state index contributed by atoms with van der Waals surface area (Å²) in [6.07, 6.45) is 12.7. The van der Waals surface area contributed by atoms with Crippen molar-refractivity contribution in [2.45, 2.75) is 71.1 Å². The summed E-state index contributed by atoms with van der Waals surface area (Å²) in [7, 11) is 0. The zero-order valence-corrected chi connectivity index (χ0v) is 9.16. The predicted octanol–water partition coefficient (Wildman–Crippen LogP) is 4.23.